The Morgan fingerprint density at radius 3 is 2.79 bits per heavy atom. The molecule has 3 amide bonds. The average molecular weight is 484 g/mol. The zero-order valence-corrected chi connectivity index (χ0v) is 18.9. The maximum atomic E-state index is 12.7. The molecule has 0 unspecified atom stereocenters. The molecule has 0 atom stereocenters. The number of thioether (sulfide) groups is 1. The summed E-state index contributed by atoms with van der Waals surface area (Å²) in [5.74, 6) is 0.154. The highest BCUT2D eigenvalue weighted by Gasteiger charge is 2.34. The molecular formula is C23H20N2O8S. The molecule has 2 aliphatic heterocycles. The van der Waals surface area contributed by atoms with E-state index in [0.29, 0.717) is 28.4 Å². The van der Waals surface area contributed by atoms with E-state index in [9.17, 15) is 19.2 Å². The molecule has 0 spiro atoms. The molecule has 4 rings (SSSR count). The molecule has 0 bridgehead atoms. The number of benzene rings is 2. The second-order valence-corrected chi connectivity index (χ2v) is 8.09. The molecule has 0 aromatic heterocycles. The number of nitrogens with one attached hydrogen (secondary N) is 1. The van der Waals surface area contributed by atoms with E-state index in [4.69, 9.17) is 14.2 Å². The van der Waals surface area contributed by atoms with Crippen LogP contribution in [0.5, 0.6) is 17.2 Å². The first-order valence-corrected chi connectivity index (χ1v) is 11.0. The fraction of sp³-hybridized carbons (Fsp3) is 0.217. The molecule has 176 valence electrons. The lowest BCUT2D eigenvalue weighted by molar-refractivity contribution is -0.142. The number of hydrogen-bond acceptors (Lipinski definition) is 9. The summed E-state index contributed by atoms with van der Waals surface area (Å²) in [4.78, 5) is 50.0. The highest BCUT2D eigenvalue weighted by Crippen LogP contribution is 2.36. The topological polar surface area (TPSA) is 120 Å². The number of rotatable bonds is 8. The van der Waals surface area contributed by atoms with E-state index < -0.39 is 23.0 Å². The van der Waals surface area contributed by atoms with Gasteiger partial charge in [0.25, 0.3) is 17.1 Å². The largest absolute Gasteiger partial charge is 0.482 e. The van der Waals surface area contributed by atoms with E-state index in [1.54, 1.807) is 42.5 Å². The van der Waals surface area contributed by atoms with Crippen molar-refractivity contribution in [3.05, 3.63) is 58.5 Å². The Hall–Kier alpha value is -3.99. The third kappa shape index (κ3) is 5.31. The van der Waals surface area contributed by atoms with E-state index >= 15 is 0 Å². The third-order valence-electron chi connectivity index (χ3n) is 4.87. The van der Waals surface area contributed by atoms with Crippen molar-refractivity contribution in [3.63, 3.8) is 0 Å². The van der Waals surface area contributed by atoms with E-state index in [2.05, 4.69) is 10.1 Å². The molecule has 10 nitrogen and oxygen atoms in total. The van der Waals surface area contributed by atoms with Crippen LogP contribution in [0.15, 0.2) is 47.4 Å². The molecule has 11 heteroatoms. The van der Waals surface area contributed by atoms with Crippen molar-refractivity contribution in [2.75, 3.05) is 33.6 Å². The van der Waals surface area contributed by atoms with Gasteiger partial charge in [-0.25, -0.2) is 4.79 Å². The van der Waals surface area contributed by atoms with Gasteiger partial charge >= 0.3 is 5.97 Å². The smallest absolute Gasteiger partial charge is 0.343 e. The number of amides is 3. The SMILES string of the molecule is COC(=O)COc1cccc(C(=O)NCCN2C(=O)S/C(=C/c3ccc4c(c3)OCO4)C2=O)c1. The Bertz CT molecular complexity index is 1180. The predicted octanol–water partition coefficient (Wildman–Crippen LogP) is 2.43. The lowest BCUT2D eigenvalue weighted by atomic mass is 10.2. The first-order valence-electron chi connectivity index (χ1n) is 10.2. The summed E-state index contributed by atoms with van der Waals surface area (Å²) in [6.45, 7) is -0.0405. The Morgan fingerprint density at radius 1 is 1.15 bits per heavy atom. The number of hydrogen-bond donors (Lipinski definition) is 1. The summed E-state index contributed by atoms with van der Waals surface area (Å²) in [5, 5.41) is 2.26. The van der Waals surface area contributed by atoms with Crippen LogP contribution < -0.4 is 19.5 Å². The molecule has 1 fully saturated rings. The molecule has 34 heavy (non-hydrogen) atoms. The minimum Gasteiger partial charge on any atom is -0.482 e. The van der Waals surface area contributed by atoms with Crippen LogP contribution in [-0.2, 0) is 14.3 Å². The molecule has 2 aromatic carbocycles. The maximum absolute atomic E-state index is 12.7. The minimum atomic E-state index is -0.542. The Kier molecular flexibility index (Phi) is 7.02. The van der Waals surface area contributed by atoms with E-state index in [-0.39, 0.29) is 31.4 Å². The maximum Gasteiger partial charge on any atom is 0.343 e. The summed E-state index contributed by atoms with van der Waals surface area (Å²) < 4.78 is 20.4. The van der Waals surface area contributed by atoms with Gasteiger partial charge in [0.1, 0.15) is 5.75 Å². The molecule has 0 radical (unpaired) electrons. The zero-order chi connectivity index (χ0) is 24.1. The van der Waals surface area contributed by atoms with Crippen molar-refractivity contribution in [2.45, 2.75) is 0 Å². The van der Waals surface area contributed by atoms with Crippen LogP contribution in [0.1, 0.15) is 15.9 Å². The van der Waals surface area contributed by atoms with Gasteiger partial charge in [-0.05, 0) is 53.7 Å². The molecule has 2 heterocycles. The summed E-state index contributed by atoms with van der Waals surface area (Å²) in [5.41, 5.74) is 1.01. The molecule has 0 aliphatic carbocycles. The minimum absolute atomic E-state index is 0.0212. The van der Waals surface area contributed by atoms with Gasteiger partial charge < -0.3 is 24.3 Å². The van der Waals surface area contributed by atoms with Crippen molar-refractivity contribution < 1.29 is 38.1 Å². The van der Waals surface area contributed by atoms with Gasteiger partial charge in [-0.15, -0.1) is 0 Å². The lowest BCUT2D eigenvalue weighted by Gasteiger charge is -2.13. The number of esters is 1. The first-order chi connectivity index (χ1) is 16.4. The third-order valence-corrected chi connectivity index (χ3v) is 5.78. The van der Waals surface area contributed by atoms with Crippen molar-refractivity contribution in [2.24, 2.45) is 0 Å². The van der Waals surface area contributed by atoms with Gasteiger partial charge in [0.2, 0.25) is 6.79 Å². The fourth-order valence-corrected chi connectivity index (χ4v) is 4.02. The van der Waals surface area contributed by atoms with E-state index in [0.717, 1.165) is 16.7 Å². The second kappa shape index (κ2) is 10.3. The molecule has 1 saturated heterocycles. The summed E-state index contributed by atoms with van der Waals surface area (Å²) in [6.07, 6.45) is 1.62. The van der Waals surface area contributed by atoms with Crippen molar-refractivity contribution in [3.8, 4) is 17.2 Å². The lowest BCUT2D eigenvalue weighted by Crippen LogP contribution is -2.37. The number of ether oxygens (including phenoxy) is 4. The van der Waals surface area contributed by atoms with E-state index in [1.165, 1.54) is 13.2 Å². The van der Waals surface area contributed by atoms with Gasteiger partial charge in [0.05, 0.1) is 12.0 Å². The average Bonchev–Trinajstić information content (AvgIpc) is 3.41. The first kappa shape index (κ1) is 23.2. The number of fused-ring (bicyclic) bond motifs is 1. The molecule has 2 aliphatic rings. The van der Waals surface area contributed by atoms with Crippen LogP contribution in [0, 0.1) is 0 Å². The number of nitrogens with zero attached hydrogens (tertiary/aromatic N) is 1. The van der Waals surface area contributed by atoms with Gasteiger partial charge in [0, 0.05) is 18.7 Å². The van der Waals surface area contributed by atoms with Crippen LogP contribution in [0.3, 0.4) is 0 Å². The van der Waals surface area contributed by atoms with Crippen LogP contribution in [0.4, 0.5) is 4.79 Å². The van der Waals surface area contributed by atoms with Gasteiger partial charge in [-0.1, -0.05) is 12.1 Å². The van der Waals surface area contributed by atoms with Gasteiger partial charge in [-0.3, -0.25) is 19.3 Å². The van der Waals surface area contributed by atoms with Crippen LogP contribution in [0.2, 0.25) is 0 Å². The number of methoxy groups -OCH3 is 1. The zero-order valence-electron chi connectivity index (χ0n) is 18.1. The predicted molar refractivity (Wildman–Crippen MR) is 122 cm³/mol. The summed E-state index contributed by atoms with van der Waals surface area (Å²) >= 11 is 0.836. The normalized spacial score (nSPS) is 15.6. The monoisotopic (exact) mass is 484 g/mol. The van der Waals surface area contributed by atoms with Crippen molar-refractivity contribution in [1.82, 2.24) is 10.2 Å². The fourth-order valence-electron chi connectivity index (χ4n) is 3.16. The highest BCUT2D eigenvalue weighted by molar-refractivity contribution is 8.18. The molecule has 0 saturated carbocycles. The highest BCUT2D eigenvalue weighted by atomic mass is 32.2. The molecule has 2 aromatic rings. The second-order valence-electron chi connectivity index (χ2n) is 7.09. The van der Waals surface area contributed by atoms with Crippen molar-refractivity contribution in [1.29, 1.82) is 0 Å². The quantitative estimate of drug-likeness (QED) is 0.445. The Balaban J connectivity index is 1.31. The van der Waals surface area contributed by atoms with Crippen LogP contribution in [-0.4, -0.2) is 61.5 Å². The van der Waals surface area contributed by atoms with Crippen LogP contribution in [0.25, 0.3) is 6.08 Å². The summed E-state index contributed by atoms with van der Waals surface area (Å²) in [6, 6.07) is 11.5. The molecular weight excluding hydrogens is 464 g/mol. The molecule has 1 N–H and O–H groups in total. The van der Waals surface area contributed by atoms with Crippen LogP contribution >= 0.6 is 11.8 Å². The van der Waals surface area contributed by atoms with Gasteiger partial charge in [0.15, 0.2) is 18.1 Å². The van der Waals surface area contributed by atoms with E-state index in [1.807, 2.05) is 0 Å². The number of imide groups is 1. The van der Waals surface area contributed by atoms with Crippen molar-refractivity contribution >= 4 is 40.9 Å². The number of carbonyl (C=O) groups excluding carboxylic acids is 4. The Morgan fingerprint density at radius 2 is 1.97 bits per heavy atom. The number of carbonyl (C=O) groups is 4. The van der Waals surface area contributed by atoms with Gasteiger partial charge in [-0.2, -0.15) is 0 Å². The standard InChI is InChI=1S/C23H20N2O8S/c1-30-20(26)12-31-16-4-2-3-15(11-16)21(27)24-7-8-25-22(28)19(34-23(25)29)10-14-5-6-17-18(9-14)33-13-32-17/h2-6,9-11H,7-8,12-13H2,1H3,(H,24,27)/b19-10+. The summed E-state index contributed by atoms with van der Waals surface area (Å²) in [7, 11) is 1.25. The Labute approximate surface area is 198 Å².